The van der Waals surface area contributed by atoms with Gasteiger partial charge in [-0.2, -0.15) is 0 Å². The number of hydrogen-bond acceptors (Lipinski definition) is 4. The molecule has 4 rings (SSSR count). The molecule has 3 aromatic rings. The number of anilines is 2. The molecular weight excluding hydrogens is 344 g/mol. The van der Waals surface area contributed by atoms with Crippen molar-refractivity contribution in [3.8, 4) is 5.75 Å². The molecule has 7 heteroatoms. The van der Waals surface area contributed by atoms with E-state index in [1.165, 1.54) is 0 Å². The van der Waals surface area contributed by atoms with Gasteiger partial charge in [0.1, 0.15) is 5.75 Å². The maximum atomic E-state index is 12.7. The first-order valence-corrected chi connectivity index (χ1v) is 8.76. The number of H-pyrrole nitrogens is 1. The highest BCUT2D eigenvalue weighted by molar-refractivity contribution is 6.04. The number of carbonyl (C=O) groups excluding carboxylic acids is 2. The lowest BCUT2D eigenvalue weighted by Gasteiger charge is -2.20. The van der Waals surface area contributed by atoms with E-state index in [9.17, 15) is 9.59 Å². The Morgan fingerprint density at radius 1 is 1.30 bits per heavy atom. The van der Waals surface area contributed by atoms with Crippen LogP contribution in [0, 0.1) is 12.8 Å². The van der Waals surface area contributed by atoms with Gasteiger partial charge in [0.2, 0.25) is 17.8 Å². The predicted octanol–water partition coefficient (Wildman–Crippen LogP) is 2.87. The molecule has 27 heavy (non-hydrogen) atoms. The number of imidazole rings is 1. The summed E-state index contributed by atoms with van der Waals surface area (Å²) in [6.45, 7) is 2.26. The zero-order valence-corrected chi connectivity index (χ0v) is 15.2. The fourth-order valence-electron chi connectivity index (χ4n) is 3.36. The van der Waals surface area contributed by atoms with Gasteiger partial charge in [-0.05, 0) is 36.8 Å². The number of nitrogens with zero attached hydrogens (tertiary/aromatic N) is 2. The molecule has 0 spiro atoms. The maximum Gasteiger partial charge on any atom is 0.232 e. The van der Waals surface area contributed by atoms with Crippen molar-refractivity contribution < 1.29 is 14.3 Å². The highest BCUT2D eigenvalue weighted by Gasteiger charge is 2.36. The minimum atomic E-state index is -0.448. The van der Waals surface area contributed by atoms with Crippen molar-refractivity contribution in [1.29, 1.82) is 0 Å². The molecule has 7 nitrogen and oxygen atoms in total. The summed E-state index contributed by atoms with van der Waals surface area (Å²) in [6.07, 6.45) is 0.156. The summed E-state index contributed by atoms with van der Waals surface area (Å²) in [6, 6.07) is 13.2. The first-order valence-electron chi connectivity index (χ1n) is 8.76. The normalized spacial score (nSPS) is 16.7. The van der Waals surface area contributed by atoms with Crippen LogP contribution in [0.2, 0.25) is 0 Å². The van der Waals surface area contributed by atoms with E-state index in [2.05, 4.69) is 15.3 Å². The van der Waals surface area contributed by atoms with Gasteiger partial charge in [0.25, 0.3) is 0 Å². The number of aromatic nitrogens is 2. The van der Waals surface area contributed by atoms with Crippen molar-refractivity contribution >= 4 is 34.5 Å². The van der Waals surface area contributed by atoms with Crippen LogP contribution in [-0.4, -0.2) is 35.4 Å². The quantitative estimate of drug-likeness (QED) is 0.745. The summed E-state index contributed by atoms with van der Waals surface area (Å²) in [4.78, 5) is 34.2. The maximum absolute atomic E-state index is 12.7. The molecule has 0 bridgehead atoms. The Labute approximate surface area is 156 Å². The van der Waals surface area contributed by atoms with E-state index in [1.807, 2.05) is 49.4 Å². The van der Waals surface area contributed by atoms with Gasteiger partial charge in [0, 0.05) is 13.0 Å². The molecule has 1 fully saturated rings. The molecule has 1 aromatic heterocycles. The lowest BCUT2D eigenvalue weighted by molar-refractivity contribution is -0.122. The lowest BCUT2D eigenvalue weighted by Crippen LogP contribution is -2.28. The number of para-hydroxylation sites is 2. The average Bonchev–Trinajstić information content (AvgIpc) is 3.24. The Morgan fingerprint density at radius 3 is 2.89 bits per heavy atom. The van der Waals surface area contributed by atoms with Gasteiger partial charge in [-0.25, -0.2) is 4.98 Å². The third kappa shape index (κ3) is 3.23. The highest BCUT2D eigenvalue weighted by atomic mass is 16.5. The molecular formula is C20H20N4O3. The number of rotatable bonds is 4. The van der Waals surface area contributed by atoms with Crippen LogP contribution in [0.25, 0.3) is 11.0 Å². The molecule has 1 aliphatic heterocycles. The number of fused-ring (bicyclic) bond motifs is 1. The van der Waals surface area contributed by atoms with E-state index in [1.54, 1.807) is 12.0 Å². The zero-order chi connectivity index (χ0) is 19.0. The van der Waals surface area contributed by atoms with Crippen LogP contribution in [0.3, 0.4) is 0 Å². The minimum Gasteiger partial charge on any atom is -0.495 e. The second-order valence-corrected chi connectivity index (χ2v) is 6.67. The first-order chi connectivity index (χ1) is 13.0. The second kappa shape index (κ2) is 6.75. The fraction of sp³-hybridized carbons (Fsp3) is 0.250. The molecule has 0 radical (unpaired) electrons. The molecule has 2 amide bonds. The van der Waals surface area contributed by atoms with Crippen LogP contribution in [0.1, 0.15) is 12.0 Å². The van der Waals surface area contributed by atoms with Crippen LogP contribution in [-0.2, 0) is 9.59 Å². The van der Waals surface area contributed by atoms with E-state index in [-0.39, 0.29) is 18.2 Å². The molecule has 2 N–H and O–H groups in total. The number of benzene rings is 2. The summed E-state index contributed by atoms with van der Waals surface area (Å²) < 4.78 is 5.38. The average molecular weight is 364 g/mol. The van der Waals surface area contributed by atoms with Gasteiger partial charge in [-0.1, -0.05) is 18.2 Å². The summed E-state index contributed by atoms with van der Waals surface area (Å²) in [5.74, 6) is 0.239. The van der Waals surface area contributed by atoms with Crippen LogP contribution in [0.5, 0.6) is 5.75 Å². The molecule has 2 heterocycles. The molecule has 138 valence electrons. The Morgan fingerprint density at radius 2 is 2.11 bits per heavy atom. The summed E-state index contributed by atoms with van der Waals surface area (Å²) in [5, 5.41) is 2.79. The van der Waals surface area contributed by atoms with Gasteiger partial charge >= 0.3 is 0 Å². The molecule has 2 aromatic carbocycles. The van der Waals surface area contributed by atoms with Crippen molar-refractivity contribution in [3.63, 3.8) is 0 Å². The Hall–Kier alpha value is -3.35. The van der Waals surface area contributed by atoms with Gasteiger partial charge in [-0.3, -0.25) is 14.9 Å². The van der Waals surface area contributed by atoms with Crippen molar-refractivity contribution in [1.82, 2.24) is 9.97 Å². The smallest absolute Gasteiger partial charge is 0.232 e. The molecule has 1 saturated heterocycles. The SMILES string of the molecule is COc1ccc(C)cc1N1C[C@H](C(=O)Nc2nc3ccccc3[nH]2)CC1=O. The number of hydrogen-bond donors (Lipinski definition) is 2. The number of ether oxygens (including phenoxy) is 1. The standard InChI is InChI=1S/C20H20N4O3/c1-12-7-8-17(27-2)16(9-12)24-11-13(10-18(24)25)19(26)23-20-21-14-5-3-4-6-15(14)22-20/h3-9,13H,10-11H2,1-2H3,(H2,21,22,23,26)/t13-/m1/s1. The highest BCUT2D eigenvalue weighted by Crippen LogP contribution is 2.34. The number of nitrogens with one attached hydrogen (secondary N) is 2. The third-order valence-corrected chi connectivity index (χ3v) is 4.75. The van der Waals surface area contributed by atoms with E-state index in [4.69, 9.17) is 4.74 Å². The monoisotopic (exact) mass is 364 g/mol. The van der Waals surface area contributed by atoms with Gasteiger partial charge in [-0.15, -0.1) is 0 Å². The number of methoxy groups -OCH3 is 1. The van der Waals surface area contributed by atoms with Crippen molar-refractivity contribution in [3.05, 3.63) is 48.0 Å². The molecule has 0 unspecified atom stereocenters. The molecule has 1 aliphatic rings. The summed E-state index contributed by atoms with van der Waals surface area (Å²) in [5.41, 5.74) is 3.35. The number of aryl methyl sites for hydroxylation is 1. The van der Waals surface area contributed by atoms with Gasteiger partial charge in [0.15, 0.2) is 0 Å². The Kier molecular flexibility index (Phi) is 4.27. The molecule has 0 saturated carbocycles. The van der Waals surface area contributed by atoms with Crippen molar-refractivity contribution in [2.75, 3.05) is 23.9 Å². The van der Waals surface area contributed by atoms with Crippen LogP contribution >= 0.6 is 0 Å². The Bertz CT molecular complexity index is 994. The lowest BCUT2D eigenvalue weighted by atomic mass is 10.1. The second-order valence-electron chi connectivity index (χ2n) is 6.67. The summed E-state index contributed by atoms with van der Waals surface area (Å²) in [7, 11) is 1.57. The van der Waals surface area contributed by atoms with Crippen LogP contribution in [0.4, 0.5) is 11.6 Å². The zero-order valence-electron chi connectivity index (χ0n) is 15.2. The van der Waals surface area contributed by atoms with E-state index in [0.29, 0.717) is 23.9 Å². The van der Waals surface area contributed by atoms with Crippen molar-refractivity contribution in [2.24, 2.45) is 5.92 Å². The summed E-state index contributed by atoms with van der Waals surface area (Å²) >= 11 is 0. The van der Waals surface area contributed by atoms with Crippen molar-refractivity contribution in [2.45, 2.75) is 13.3 Å². The van der Waals surface area contributed by atoms with E-state index < -0.39 is 5.92 Å². The number of aromatic amines is 1. The molecule has 1 atom stereocenters. The molecule has 0 aliphatic carbocycles. The van der Waals surface area contributed by atoms with Gasteiger partial charge in [0.05, 0.1) is 29.7 Å². The predicted molar refractivity (Wildman–Crippen MR) is 103 cm³/mol. The topological polar surface area (TPSA) is 87.3 Å². The minimum absolute atomic E-state index is 0.0938. The first kappa shape index (κ1) is 17.1. The third-order valence-electron chi connectivity index (χ3n) is 4.75. The van der Waals surface area contributed by atoms with E-state index >= 15 is 0 Å². The fourth-order valence-corrected chi connectivity index (χ4v) is 3.36. The number of amides is 2. The largest absolute Gasteiger partial charge is 0.495 e. The van der Waals surface area contributed by atoms with Crippen LogP contribution in [0.15, 0.2) is 42.5 Å². The Balaban J connectivity index is 1.51. The number of carbonyl (C=O) groups is 2. The van der Waals surface area contributed by atoms with Crippen LogP contribution < -0.4 is 15.0 Å². The van der Waals surface area contributed by atoms with Gasteiger partial charge < -0.3 is 14.6 Å². The van der Waals surface area contributed by atoms with E-state index in [0.717, 1.165) is 16.6 Å².